The van der Waals surface area contributed by atoms with Crippen LogP contribution in [0.15, 0.2) is 54.7 Å². The number of rotatable bonds is 5. The predicted octanol–water partition coefficient (Wildman–Crippen LogP) is 4.20. The first-order valence-electron chi connectivity index (χ1n) is 7.41. The van der Waals surface area contributed by atoms with E-state index in [4.69, 9.17) is 16.3 Å². The largest absolute Gasteiger partial charge is 0.489 e. The summed E-state index contributed by atoms with van der Waals surface area (Å²) in [5.74, 6) is 0.410. The Morgan fingerprint density at radius 3 is 2.71 bits per heavy atom. The zero-order chi connectivity index (χ0) is 16.9. The fourth-order valence-corrected chi connectivity index (χ4v) is 2.40. The first kappa shape index (κ1) is 16.1. The Morgan fingerprint density at radius 1 is 1.25 bits per heavy atom. The molecule has 0 fully saturated rings. The lowest BCUT2D eigenvalue weighted by molar-refractivity contribution is 0.102. The minimum atomic E-state index is -0.335. The Kier molecular flexibility index (Phi) is 4.82. The van der Waals surface area contributed by atoms with E-state index >= 15 is 0 Å². The molecule has 2 N–H and O–H groups in total. The van der Waals surface area contributed by atoms with Crippen molar-refractivity contribution in [3.05, 3.63) is 76.6 Å². The Balaban J connectivity index is 1.66. The number of H-pyrrole nitrogens is 1. The first-order valence-corrected chi connectivity index (χ1v) is 7.79. The number of hydrogen-bond donors (Lipinski definition) is 2. The van der Waals surface area contributed by atoms with Gasteiger partial charge in [0.1, 0.15) is 18.1 Å². The number of carbonyl (C=O) groups excluding carboxylic acids is 1. The average molecular weight is 342 g/mol. The molecule has 0 aliphatic heterocycles. The van der Waals surface area contributed by atoms with Crippen molar-refractivity contribution in [2.75, 3.05) is 5.32 Å². The summed E-state index contributed by atoms with van der Waals surface area (Å²) < 4.78 is 5.77. The summed E-state index contributed by atoms with van der Waals surface area (Å²) >= 11 is 5.89. The number of ether oxygens (including phenoxy) is 1. The molecule has 5 nitrogen and oxygen atoms in total. The number of hydrogen-bond acceptors (Lipinski definition) is 3. The van der Waals surface area contributed by atoms with Crippen LogP contribution >= 0.6 is 11.6 Å². The van der Waals surface area contributed by atoms with Crippen LogP contribution in [0.2, 0.25) is 5.02 Å². The third kappa shape index (κ3) is 3.75. The SMILES string of the molecule is Cc1cc(OCc2ccccc2)ccc1NC(=O)c1[nH]ncc1Cl. The number of amides is 1. The highest BCUT2D eigenvalue weighted by Crippen LogP contribution is 2.23. The molecule has 2 aromatic carbocycles. The molecule has 3 rings (SSSR count). The van der Waals surface area contributed by atoms with Gasteiger partial charge in [0.15, 0.2) is 0 Å². The number of carbonyl (C=O) groups is 1. The molecule has 1 aromatic heterocycles. The third-order valence-corrected chi connectivity index (χ3v) is 3.80. The quantitative estimate of drug-likeness (QED) is 0.730. The number of aromatic nitrogens is 2. The van der Waals surface area contributed by atoms with E-state index in [1.807, 2.05) is 49.4 Å². The van der Waals surface area contributed by atoms with Gasteiger partial charge in [-0.2, -0.15) is 5.10 Å². The molecule has 0 atom stereocenters. The Bertz CT molecular complexity index is 846. The van der Waals surface area contributed by atoms with Crippen molar-refractivity contribution in [1.82, 2.24) is 10.2 Å². The summed E-state index contributed by atoms with van der Waals surface area (Å²) in [4.78, 5) is 12.1. The van der Waals surface area contributed by atoms with E-state index in [0.29, 0.717) is 12.3 Å². The van der Waals surface area contributed by atoms with Gasteiger partial charge >= 0.3 is 0 Å². The van der Waals surface area contributed by atoms with E-state index in [9.17, 15) is 4.79 Å². The topological polar surface area (TPSA) is 67.0 Å². The van der Waals surface area contributed by atoms with Crippen LogP contribution in [0.3, 0.4) is 0 Å². The zero-order valence-electron chi connectivity index (χ0n) is 13.0. The van der Waals surface area contributed by atoms with Crippen LogP contribution in [0.1, 0.15) is 21.6 Å². The summed E-state index contributed by atoms with van der Waals surface area (Å²) in [7, 11) is 0. The zero-order valence-corrected chi connectivity index (χ0v) is 13.8. The first-order chi connectivity index (χ1) is 11.6. The standard InChI is InChI=1S/C18H16ClN3O2/c1-12-9-14(24-11-13-5-3-2-4-6-13)7-8-16(12)21-18(23)17-15(19)10-20-22-17/h2-10H,11H2,1H3,(H,20,22)(H,21,23). The summed E-state index contributed by atoms with van der Waals surface area (Å²) in [5.41, 5.74) is 2.92. The summed E-state index contributed by atoms with van der Waals surface area (Å²) in [6.07, 6.45) is 1.39. The molecular formula is C18H16ClN3O2. The number of aromatic amines is 1. The van der Waals surface area contributed by atoms with Gasteiger partial charge in [-0.15, -0.1) is 0 Å². The van der Waals surface area contributed by atoms with Crippen LogP contribution in [0, 0.1) is 6.92 Å². The molecule has 0 unspecified atom stereocenters. The predicted molar refractivity (Wildman–Crippen MR) is 93.5 cm³/mol. The molecule has 0 saturated heterocycles. The molecule has 6 heteroatoms. The van der Waals surface area contributed by atoms with E-state index in [0.717, 1.165) is 16.9 Å². The van der Waals surface area contributed by atoms with Crippen molar-refractivity contribution in [2.24, 2.45) is 0 Å². The van der Waals surface area contributed by atoms with Gasteiger partial charge in [-0.3, -0.25) is 9.89 Å². The summed E-state index contributed by atoms with van der Waals surface area (Å²) in [6, 6.07) is 15.4. The minimum absolute atomic E-state index is 0.237. The molecule has 1 amide bonds. The number of anilines is 1. The maximum Gasteiger partial charge on any atom is 0.275 e. The summed E-state index contributed by atoms with van der Waals surface area (Å²) in [5, 5.41) is 9.40. The monoisotopic (exact) mass is 341 g/mol. The van der Waals surface area contributed by atoms with E-state index in [1.165, 1.54) is 6.20 Å². The molecule has 3 aromatic rings. The maximum atomic E-state index is 12.1. The van der Waals surface area contributed by atoms with Gasteiger partial charge in [-0.25, -0.2) is 0 Å². The molecule has 0 bridgehead atoms. The minimum Gasteiger partial charge on any atom is -0.489 e. The van der Waals surface area contributed by atoms with Gasteiger partial charge < -0.3 is 10.1 Å². The van der Waals surface area contributed by atoms with Crippen molar-refractivity contribution < 1.29 is 9.53 Å². The maximum absolute atomic E-state index is 12.1. The van der Waals surface area contributed by atoms with Crippen molar-refractivity contribution >= 4 is 23.2 Å². The van der Waals surface area contributed by atoms with Crippen molar-refractivity contribution in [2.45, 2.75) is 13.5 Å². The molecule has 0 saturated carbocycles. The second-order valence-corrected chi connectivity index (χ2v) is 5.71. The highest BCUT2D eigenvalue weighted by atomic mass is 35.5. The number of benzene rings is 2. The lowest BCUT2D eigenvalue weighted by Gasteiger charge is -2.11. The van der Waals surface area contributed by atoms with Crippen LogP contribution in [-0.2, 0) is 6.61 Å². The van der Waals surface area contributed by atoms with Crippen LogP contribution in [-0.4, -0.2) is 16.1 Å². The van der Waals surface area contributed by atoms with Gasteiger partial charge in [0, 0.05) is 5.69 Å². The lowest BCUT2D eigenvalue weighted by Crippen LogP contribution is -2.13. The van der Waals surface area contributed by atoms with Crippen LogP contribution in [0.25, 0.3) is 0 Å². The van der Waals surface area contributed by atoms with E-state index in [2.05, 4.69) is 15.5 Å². The van der Waals surface area contributed by atoms with Gasteiger partial charge in [0.25, 0.3) is 5.91 Å². The number of aryl methyl sites for hydroxylation is 1. The van der Waals surface area contributed by atoms with Gasteiger partial charge in [-0.05, 0) is 36.2 Å². The molecule has 122 valence electrons. The van der Waals surface area contributed by atoms with E-state index < -0.39 is 0 Å². The van der Waals surface area contributed by atoms with E-state index in [1.54, 1.807) is 6.07 Å². The van der Waals surface area contributed by atoms with Crippen LogP contribution in [0.5, 0.6) is 5.75 Å². The van der Waals surface area contributed by atoms with Crippen molar-refractivity contribution in [3.63, 3.8) is 0 Å². The molecule has 0 spiro atoms. The van der Waals surface area contributed by atoms with Gasteiger partial charge in [-0.1, -0.05) is 41.9 Å². The molecule has 1 heterocycles. The van der Waals surface area contributed by atoms with Crippen molar-refractivity contribution in [3.8, 4) is 5.75 Å². The molecule has 0 radical (unpaired) electrons. The highest BCUT2D eigenvalue weighted by Gasteiger charge is 2.13. The Morgan fingerprint density at radius 2 is 2.04 bits per heavy atom. The van der Waals surface area contributed by atoms with Gasteiger partial charge in [0.05, 0.1) is 11.2 Å². The fraction of sp³-hybridized carbons (Fsp3) is 0.111. The van der Waals surface area contributed by atoms with Crippen molar-refractivity contribution in [1.29, 1.82) is 0 Å². The van der Waals surface area contributed by atoms with Gasteiger partial charge in [0.2, 0.25) is 0 Å². The smallest absolute Gasteiger partial charge is 0.275 e. The second-order valence-electron chi connectivity index (χ2n) is 5.30. The fourth-order valence-electron chi connectivity index (χ4n) is 2.22. The normalized spacial score (nSPS) is 10.4. The second kappa shape index (κ2) is 7.19. The van der Waals surface area contributed by atoms with E-state index in [-0.39, 0.29) is 16.6 Å². The number of nitrogens with one attached hydrogen (secondary N) is 2. The Labute approximate surface area is 144 Å². The van der Waals surface area contributed by atoms with Crippen LogP contribution in [0.4, 0.5) is 5.69 Å². The lowest BCUT2D eigenvalue weighted by atomic mass is 10.2. The molecular weight excluding hydrogens is 326 g/mol. The number of nitrogens with zero attached hydrogens (tertiary/aromatic N) is 1. The summed E-state index contributed by atoms with van der Waals surface area (Å²) in [6.45, 7) is 2.40. The molecule has 24 heavy (non-hydrogen) atoms. The molecule has 0 aliphatic rings. The number of halogens is 1. The Hall–Kier alpha value is -2.79. The average Bonchev–Trinajstić information content (AvgIpc) is 3.02. The van der Waals surface area contributed by atoms with Crippen LogP contribution < -0.4 is 10.1 Å². The highest BCUT2D eigenvalue weighted by molar-refractivity contribution is 6.34. The molecule has 0 aliphatic carbocycles. The third-order valence-electron chi connectivity index (χ3n) is 3.51.